The number of aliphatic carboxylic acids is 1. The molecule has 1 heterocycles. The van der Waals surface area contributed by atoms with E-state index in [1.165, 1.54) is 12.1 Å². The molecule has 1 fully saturated rings. The number of fused-ring (bicyclic) bond motifs is 1. The Bertz CT molecular complexity index is 750. The smallest absolute Gasteiger partial charge is 0.545 e. The zero-order chi connectivity index (χ0) is 19.1. The van der Waals surface area contributed by atoms with E-state index in [-0.39, 0.29) is 40.9 Å². The van der Waals surface area contributed by atoms with Crippen molar-refractivity contribution in [1.29, 1.82) is 0 Å². The molecule has 1 aliphatic carbocycles. The van der Waals surface area contributed by atoms with Crippen LogP contribution in [-0.2, 0) is 4.79 Å². The molecule has 4 nitrogen and oxygen atoms in total. The molecule has 0 saturated heterocycles. The molecule has 0 radical (unpaired) electrons. The first-order valence-electron chi connectivity index (χ1n) is 8.45. The molecule has 0 aromatic heterocycles. The van der Waals surface area contributed by atoms with E-state index in [0.29, 0.717) is 16.6 Å². The molecule has 1 unspecified atom stereocenters. The van der Waals surface area contributed by atoms with Crippen molar-refractivity contribution < 1.29 is 57.4 Å². The molecule has 1 aromatic carbocycles. The average Bonchev–Trinajstić information content (AvgIpc) is 3.35. The van der Waals surface area contributed by atoms with Gasteiger partial charge in [-0.3, -0.25) is 0 Å². The fourth-order valence-electron chi connectivity index (χ4n) is 3.05. The molecule has 1 aromatic rings. The normalized spacial score (nSPS) is 18.7. The number of hydrogen-bond acceptors (Lipinski definition) is 4. The monoisotopic (exact) mass is 411 g/mol. The van der Waals surface area contributed by atoms with Gasteiger partial charge in [-0.05, 0) is 37.3 Å². The van der Waals surface area contributed by atoms with E-state index < -0.39 is 23.8 Å². The van der Waals surface area contributed by atoms with E-state index in [0.717, 1.165) is 38.4 Å². The summed E-state index contributed by atoms with van der Waals surface area (Å²) in [5.74, 6) is -1.38. The summed E-state index contributed by atoms with van der Waals surface area (Å²) in [4.78, 5) is 13.1. The second kappa shape index (κ2) is 8.64. The van der Waals surface area contributed by atoms with E-state index in [1.807, 2.05) is 11.8 Å². The third-order valence-electron chi connectivity index (χ3n) is 4.46. The van der Waals surface area contributed by atoms with Gasteiger partial charge in [0.05, 0.1) is 16.7 Å². The molecular formula is C18H18ClF3NNaO3. The summed E-state index contributed by atoms with van der Waals surface area (Å²) in [6, 6.07) is 2.91. The molecule has 27 heavy (non-hydrogen) atoms. The molecule has 1 aliphatic heterocycles. The maximum absolute atomic E-state index is 13.2. The van der Waals surface area contributed by atoms with Crippen LogP contribution >= 0.6 is 11.6 Å². The second-order valence-electron chi connectivity index (χ2n) is 6.66. The van der Waals surface area contributed by atoms with Crippen molar-refractivity contribution in [3.8, 4) is 5.75 Å². The van der Waals surface area contributed by atoms with Crippen LogP contribution in [0.3, 0.4) is 0 Å². The van der Waals surface area contributed by atoms with Gasteiger partial charge in [0.1, 0.15) is 5.75 Å². The first-order chi connectivity index (χ1) is 12.2. The number of hydrogen-bond donors (Lipinski definition) is 0. The van der Waals surface area contributed by atoms with Crippen LogP contribution in [0.4, 0.5) is 18.9 Å². The molecule has 2 aliphatic rings. The van der Waals surface area contributed by atoms with Crippen LogP contribution < -0.4 is 44.3 Å². The maximum atomic E-state index is 13.2. The van der Waals surface area contributed by atoms with Crippen molar-refractivity contribution in [2.24, 2.45) is 5.92 Å². The van der Waals surface area contributed by atoms with E-state index in [9.17, 15) is 23.1 Å². The number of carboxylic acid groups (broad SMARTS) is 1. The van der Waals surface area contributed by atoms with Crippen molar-refractivity contribution in [2.75, 3.05) is 18.0 Å². The van der Waals surface area contributed by atoms with Gasteiger partial charge in [0, 0.05) is 30.3 Å². The second-order valence-corrected chi connectivity index (χ2v) is 7.06. The topological polar surface area (TPSA) is 52.6 Å². The number of halogens is 4. The number of alkyl halides is 3. The third kappa shape index (κ3) is 5.13. The minimum absolute atomic E-state index is 0. The van der Waals surface area contributed by atoms with Crippen LogP contribution in [-0.4, -0.2) is 31.3 Å². The van der Waals surface area contributed by atoms with Crippen LogP contribution in [0.15, 0.2) is 17.7 Å². The molecule has 0 bridgehead atoms. The van der Waals surface area contributed by atoms with Crippen LogP contribution in [0.25, 0.3) is 6.08 Å². The van der Waals surface area contributed by atoms with E-state index in [4.69, 9.17) is 16.3 Å². The van der Waals surface area contributed by atoms with Crippen molar-refractivity contribution in [1.82, 2.24) is 0 Å². The molecule has 0 amide bonds. The largest absolute Gasteiger partial charge is 1.00 e. The van der Waals surface area contributed by atoms with Gasteiger partial charge in [-0.15, -0.1) is 0 Å². The molecular weight excluding hydrogens is 394 g/mol. The van der Waals surface area contributed by atoms with Gasteiger partial charge in [0.2, 0.25) is 6.10 Å². The Morgan fingerprint density at radius 2 is 2.04 bits per heavy atom. The SMILES string of the molecule is CCCN(CC1CC1)c1cc2c(cc1Cl)C=C(C(=O)[O-])C(C(F)(F)F)O2.[Na+]. The number of anilines is 1. The number of carbonyl (C=O) groups excluding carboxylic acids is 1. The first-order valence-corrected chi connectivity index (χ1v) is 8.83. The van der Waals surface area contributed by atoms with Gasteiger partial charge in [0.15, 0.2) is 0 Å². The van der Waals surface area contributed by atoms with Gasteiger partial charge in [0.25, 0.3) is 0 Å². The summed E-state index contributed by atoms with van der Waals surface area (Å²) < 4.78 is 44.6. The Balaban J connectivity index is 0.00000261. The van der Waals surface area contributed by atoms with Crippen molar-refractivity contribution in [3.63, 3.8) is 0 Å². The zero-order valence-electron chi connectivity index (χ0n) is 15.1. The summed E-state index contributed by atoms with van der Waals surface area (Å²) in [6.45, 7) is 3.52. The Morgan fingerprint density at radius 3 is 2.56 bits per heavy atom. The summed E-state index contributed by atoms with van der Waals surface area (Å²) in [6.07, 6.45) is -3.37. The standard InChI is InChI=1S/C18H19ClF3NO3.Na/c1-2-5-23(9-10-3-4-10)14-8-15-11(7-13(14)19)6-12(17(24)25)16(26-15)18(20,21)22;/h6-8,10,16H,2-5,9H2,1H3,(H,24,25);/q;+1/p-1. The minimum Gasteiger partial charge on any atom is -0.545 e. The van der Waals surface area contributed by atoms with Gasteiger partial charge in [-0.25, -0.2) is 0 Å². The number of nitrogens with zero attached hydrogens (tertiary/aromatic N) is 1. The molecule has 1 atom stereocenters. The van der Waals surface area contributed by atoms with Crippen LogP contribution in [0.5, 0.6) is 5.75 Å². The average molecular weight is 412 g/mol. The Labute approximate surface area is 182 Å². The number of carboxylic acids is 1. The number of ether oxygens (including phenoxy) is 1. The van der Waals surface area contributed by atoms with E-state index in [1.54, 1.807) is 0 Å². The van der Waals surface area contributed by atoms with Crippen molar-refractivity contribution in [2.45, 2.75) is 38.5 Å². The Hall–Kier alpha value is -0.890. The minimum atomic E-state index is -4.86. The summed E-state index contributed by atoms with van der Waals surface area (Å²) in [5.41, 5.74) is -0.163. The molecule has 1 saturated carbocycles. The molecule has 142 valence electrons. The van der Waals surface area contributed by atoms with Gasteiger partial charge < -0.3 is 19.5 Å². The van der Waals surface area contributed by atoms with E-state index >= 15 is 0 Å². The zero-order valence-corrected chi connectivity index (χ0v) is 17.9. The van der Waals surface area contributed by atoms with Crippen LogP contribution in [0.1, 0.15) is 31.7 Å². The number of rotatable bonds is 6. The Kier molecular flexibility index (Phi) is 7.17. The number of benzene rings is 1. The van der Waals surface area contributed by atoms with Gasteiger partial charge >= 0.3 is 35.7 Å². The predicted octanol–water partition coefficient (Wildman–Crippen LogP) is 0.427. The van der Waals surface area contributed by atoms with Crippen molar-refractivity contribution in [3.05, 3.63) is 28.3 Å². The fourth-order valence-corrected chi connectivity index (χ4v) is 3.34. The van der Waals surface area contributed by atoms with E-state index in [2.05, 4.69) is 0 Å². The summed E-state index contributed by atoms with van der Waals surface area (Å²) in [5, 5.41) is 11.4. The quantitative estimate of drug-likeness (QED) is 0.637. The van der Waals surface area contributed by atoms with Gasteiger partial charge in [-0.1, -0.05) is 18.5 Å². The third-order valence-corrected chi connectivity index (χ3v) is 4.76. The van der Waals surface area contributed by atoms with Crippen LogP contribution in [0, 0.1) is 5.92 Å². The van der Waals surface area contributed by atoms with Crippen molar-refractivity contribution >= 4 is 29.3 Å². The predicted molar refractivity (Wildman–Crippen MR) is 90.1 cm³/mol. The Morgan fingerprint density at radius 1 is 1.37 bits per heavy atom. The summed E-state index contributed by atoms with van der Waals surface area (Å²) in [7, 11) is 0. The molecule has 0 spiro atoms. The molecule has 0 N–H and O–H groups in total. The van der Waals surface area contributed by atoms with Crippen LogP contribution in [0.2, 0.25) is 5.02 Å². The molecule has 3 rings (SSSR count). The first kappa shape index (κ1) is 22.4. The number of carbonyl (C=O) groups is 1. The fraction of sp³-hybridized carbons (Fsp3) is 0.500. The van der Waals surface area contributed by atoms with Gasteiger partial charge in [-0.2, -0.15) is 13.2 Å². The molecule has 9 heteroatoms. The summed E-state index contributed by atoms with van der Waals surface area (Å²) >= 11 is 6.34. The maximum Gasteiger partial charge on any atom is 1.00 e.